The minimum atomic E-state index is -0.621. The lowest BCUT2D eigenvalue weighted by atomic mass is 10.1. The van der Waals surface area contributed by atoms with Gasteiger partial charge in [0.05, 0.1) is 0 Å². The van der Waals surface area contributed by atoms with E-state index in [0.29, 0.717) is 11.3 Å². The normalized spacial score (nSPS) is 17.2. The smallest absolute Gasteiger partial charge is 0.152 e. The van der Waals surface area contributed by atoms with Crippen molar-refractivity contribution in [3.63, 3.8) is 0 Å². The van der Waals surface area contributed by atoms with Crippen molar-refractivity contribution in [1.82, 2.24) is 9.97 Å². The van der Waals surface area contributed by atoms with Gasteiger partial charge >= 0.3 is 0 Å². The van der Waals surface area contributed by atoms with Crippen LogP contribution in [0.5, 0.6) is 0 Å². The Kier molecular flexibility index (Phi) is 4.17. The van der Waals surface area contributed by atoms with Crippen LogP contribution in [0.3, 0.4) is 0 Å². The molecule has 6 heteroatoms. The van der Waals surface area contributed by atoms with Crippen molar-refractivity contribution in [2.45, 2.75) is 6.42 Å². The largest absolute Gasteiger partial charge is 0.371 e. The Morgan fingerprint density at radius 2 is 2.04 bits per heavy atom. The Labute approximate surface area is 144 Å². The molecule has 0 bridgehead atoms. The maximum Gasteiger partial charge on any atom is 0.152 e. The average molecular weight is 340 g/mol. The van der Waals surface area contributed by atoms with Gasteiger partial charge in [-0.2, -0.15) is 0 Å². The predicted molar refractivity (Wildman–Crippen MR) is 94.7 cm³/mol. The van der Waals surface area contributed by atoms with Gasteiger partial charge in [0.15, 0.2) is 5.82 Å². The minimum absolute atomic E-state index is 0.217. The van der Waals surface area contributed by atoms with Gasteiger partial charge in [-0.1, -0.05) is 6.07 Å². The summed E-state index contributed by atoms with van der Waals surface area (Å²) in [5, 5.41) is 3.87. The number of anilines is 2. The maximum atomic E-state index is 14.0. The molecule has 1 aliphatic rings. The second-order valence-corrected chi connectivity index (χ2v) is 6.31. The molecule has 4 nitrogen and oxygen atoms in total. The summed E-state index contributed by atoms with van der Waals surface area (Å²) in [5.74, 6) is 0.110. The molecule has 0 saturated carbocycles. The molecule has 4 rings (SSSR count). The molecule has 1 N–H and O–H groups in total. The number of aromatic nitrogens is 2. The van der Waals surface area contributed by atoms with E-state index in [1.165, 1.54) is 6.07 Å². The third-order valence-corrected chi connectivity index (χ3v) is 4.60. The first-order chi connectivity index (χ1) is 12.2. The summed E-state index contributed by atoms with van der Waals surface area (Å²) in [5.41, 5.74) is 1.05. The summed E-state index contributed by atoms with van der Waals surface area (Å²) in [7, 11) is 0. The van der Waals surface area contributed by atoms with Gasteiger partial charge in [0, 0.05) is 49.2 Å². The van der Waals surface area contributed by atoms with Crippen LogP contribution in [0.4, 0.5) is 20.3 Å². The molecule has 128 valence electrons. The van der Waals surface area contributed by atoms with E-state index < -0.39 is 11.6 Å². The summed E-state index contributed by atoms with van der Waals surface area (Å²) < 4.78 is 27.6. The number of fused-ring (bicyclic) bond motifs is 1. The molecular weight excluding hydrogens is 322 g/mol. The Morgan fingerprint density at radius 1 is 1.12 bits per heavy atom. The van der Waals surface area contributed by atoms with Crippen LogP contribution in [-0.4, -0.2) is 29.6 Å². The summed E-state index contributed by atoms with van der Waals surface area (Å²) in [6.07, 6.45) is 4.36. The van der Waals surface area contributed by atoms with Crippen molar-refractivity contribution in [2.24, 2.45) is 5.92 Å². The van der Waals surface area contributed by atoms with Crippen LogP contribution < -0.4 is 10.2 Å². The van der Waals surface area contributed by atoms with Crippen molar-refractivity contribution in [1.29, 1.82) is 0 Å². The average Bonchev–Trinajstić information content (AvgIpc) is 3.09. The second-order valence-electron chi connectivity index (χ2n) is 6.31. The first-order valence-electron chi connectivity index (χ1n) is 8.34. The molecule has 0 spiro atoms. The molecule has 1 aliphatic heterocycles. The number of pyridine rings is 2. The van der Waals surface area contributed by atoms with Gasteiger partial charge in [-0.3, -0.25) is 4.98 Å². The summed E-state index contributed by atoms with van der Waals surface area (Å²) in [6.45, 7) is 2.50. The standard InChI is InChI=1S/C19H18F2N4/c20-14-9-15-17(4-7-23-19(15)16(21)10-14)25-8-5-13(12-25)11-24-18-3-1-2-6-22-18/h1-4,6-7,9-10,13H,5,8,11-12H2,(H,22,24). The maximum absolute atomic E-state index is 14.0. The number of benzene rings is 1. The first-order valence-corrected chi connectivity index (χ1v) is 8.34. The number of nitrogens with one attached hydrogen (secondary N) is 1. The van der Waals surface area contributed by atoms with E-state index in [1.807, 2.05) is 24.3 Å². The van der Waals surface area contributed by atoms with Crippen molar-refractivity contribution in [2.75, 3.05) is 29.9 Å². The molecule has 2 aromatic heterocycles. The molecule has 25 heavy (non-hydrogen) atoms. The topological polar surface area (TPSA) is 41.1 Å². The van der Waals surface area contributed by atoms with Crippen LogP contribution in [0.25, 0.3) is 10.9 Å². The van der Waals surface area contributed by atoms with Gasteiger partial charge in [0.2, 0.25) is 0 Å². The third-order valence-electron chi connectivity index (χ3n) is 4.60. The Morgan fingerprint density at radius 3 is 2.88 bits per heavy atom. The zero-order valence-electron chi connectivity index (χ0n) is 13.6. The molecule has 1 aromatic carbocycles. The van der Waals surface area contributed by atoms with Crippen molar-refractivity contribution in [3.8, 4) is 0 Å². The highest BCUT2D eigenvalue weighted by molar-refractivity contribution is 5.92. The third kappa shape index (κ3) is 3.24. The fourth-order valence-corrected chi connectivity index (χ4v) is 3.37. The van der Waals surface area contributed by atoms with Crippen molar-refractivity contribution < 1.29 is 8.78 Å². The Hall–Kier alpha value is -2.76. The zero-order chi connectivity index (χ0) is 17.2. The van der Waals surface area contributed by atoms with Gasteiger partial charge in [0.1, 0.15) is 17.2 Å². The number of nitrogens with zero attached hydrogens (tertiary/aromatic N) is 3. The SMILES string of the molecule is Fc1cc(F)c2nccc(N3CCC(CNc4ccccn4)C3)c2c1. The lowest BCUT2D eigenvalue weighted by molar-refractivity contribution is 0.590. The minimum Gasteiger partial charge on any atom is -0.371 e. The van der Waals surface area contributed by atoms with Crippen LogP contribution in [0.1, 0.15) is 6.42 Å². The van der Waals surface area contributed by atoms with E-state index in [0.717, 1.165) is 43.6 Å². The highest BCUT2D eigenvalue weighted by Crippen LogP contribution is 2.31. The quantitative estimate of drug-likeness (QED) is 0.783. The van der Waals surface area contributed by atoms with Gasteiger partial charge in [-0.05, 0) is 36.6 Å². The van der Waals surface area contributed by atoms with Crippen LogP contribution in [0.2, 0.25) is 0 Å². The van der Waals surface area contributed by atoms with Crippen LogP contribution in [-0.2, 0) is 0 Å². The zero-order valence-corrected chi connectivity index (χ0v) is 13.6. The van der Waals surface area contributed by atoms with Gasteiger partial charge < -0.3 is 10.2 Å². The number of rotatable bonds is 4. The predicted octanol–water partition coefficient (Wildman–Crippen LogP) is 3.85. The second kappa shape index (κ2) is 6.63. The Bertz CT molecular complexity index is 885. The summed E-state index contributed by atoms with van der Waals surface area (Å²) >= 11 is 0. The molecule has 1 fully saturated rings. The van der Waals surface area contributed by atoms with E-state index in [2.05, 4.69) is 20.2 Å². The van der Waals surface area contributed by atoms with E-state index in [4.69, 9.17) is 0 Å². The monoisotopic (exact) mass is 340 g/mol. The number of halogens is 2. The molecule has 3 aromatic rings. The highest BCUT2D eigenvalue weighted by Gasteiger charge is 2.24. The van der Waals surface area contributed by atoms with Crippen LogP contribution >= 0.6 is 0 Å². The van der Waals surface area contributed by atoms with E-state index in [-0.39, 0.29) is 5.52 Å². The van der Waals surface area contributed by atoms with Crippen molar-refractivity contribution >= 4 is 22.4 Å². The van der Waals surface area contributed by atoms with Gasteiger partial charge in [-0.15, -0.1) is 0 Å². The molecule has 1 atom stereocenters. The van der Waals surface area contributed by atoms with E-state index in [9.17, 15) is 8.78 Å². The van der Waals surface area contributed by atoms with Crippen LogP contribution in [0, 0.1) is 17.6 Å². The summed E-state index contributed by atoms with van der Waals surface area (Å²) in [6, 6.07) is 9.84. The summed E-state index contributed by atoms with van der Waals surface area (Å²) in [4.78, 5) is 10.5. The van der Waals surface area contributed by atoms with Crippen LogP contribution in [0.15, 0.2) is 48.8 Å². The van der Waals surface area contributed by atoms with E-state index in [1.54, 1.807) is 12.4 Å². The lowest BCUT2D eigenvalue weighted by Gasteiger charge is -2.21. The van der Waals surface area contributed by atoms with Gasteiger partial charge in [-0.25, -0.2) is 13.8 Å². The first kappa shape index (κ1) is 15.7. The molecule has 0 radical (unpaired) electrons. The highest BCUT2D eigenvalue weighted by atomic mass is 19.1. The molecule has 1 saturated heterocycles. The van der Waals surface area contributed by atoms with Crippen molar-refractivity contribution in [3.05, 3.63) is 60.4 Å². The fourth-order valence-electron chi connectivity index (χ4n) is 3.37. The molecular formula is C19H18F2N4. The van der Waals surface area contributed by atoms with E-state index >= 15 is 0 Å². The molecule has 0 amide bonds. The lowest BCUT2D eigenvalue weighted by Crippen LogP contribution is -2.23. The van der Waals surface area contributed by atoms with Gasteiger partial charge in [0.25, 0.3) is 0 Å². The molecule has 1 unspecified atom stereocenters. The molecule has 0 aliphatic carbocycles. The molecule has 3 heterocycles. The number of hydrogen-bond donors (Lipinski definition) is 1. The Balaban J connectivity index is 1.51. The fraction of sp³-hybridized carbons (Fsp3) is 0.263. The number of hydrogen-bond acceptors (Lipinski definition) is 4.